The van der Waals surface area contributed by atoms with E-state index in [4.69, 9.17) is 5.73 Å². The van der Waals surface area contributed by atoms with E-state index in [2.05, 4.69) is 55.7 Å². The lowest BCUT2D eigenvalue weighted by atomic mass is 10.0. The van der Waals surface area contributed by atoms with E-state index in [9.17, 15) is 0 Å². The molecular formula is C17H29N3. The molecule has 0 unspecified atom stereocenters. The number of nitrogens with two attached hydrogens (primary N) is 1. The summed E-state index contributed by atoms with van der Waals surface area (Å²) >= 11 is 0. The van der Waals surface area contributed by atoms with Gasteiger partial charge in [-0.1, -0.05) is 23.8 Å². The molecule has 2 rings (SSSR count). The molecule has 0 amide bonds. The maximum Gasteiger partial charge on any atom is 0.0276 e. The van der Waals surface area contributed by atoms with E-state index in [0.717, 1.165) is 39.3 Å². The first kappa shape index (κ1) is 15.5. The number of hydrogen-bond acceptors (Lipinski definition) is 3. The van der Waals surface area contributed by atoms with Crippen LogP contribution in [-0.2, 0) is 6.54 Å². The summed E-state index contributed by atoms with van der Waals surface area (Å²) in [5.74, 6) is 0. The highest BCUT2D eigenvalue weighted by atomic mass is 15.3. The summed E-state index contributed by atoms with van der Waals surface area (Å²) in [5, 5.41) is 0. The van der Waals surface area contributed by atoms with Crippen LogP contribution in [0.15, 0.2) is 18.2 Å². The molecule has 3 heteroatoms. The van der Waals surface area contributed by atoms with Gasteiger partial charge in [-0.15, -0.1) is 0 Å². The fourth-order valence-electron chi connectivity index (χ4n) is 2.85. The minimum Gasteiger partial charge on any atom is -0.329 e. The zero-order valence-corrected chi connectivity index (χ0v) is 13.4. The van der Waals surface area contributed by atoms with Crippen LogP contribution in [0.1, 0.15) is 30.5 Å². The van der Waals surface area contributed by atoms with Crippen molar-refractivity contribution in [3.63, 3.8) is 0 Å². The maximum absolute atomic E-state index is 5.88. The standard InChI is InChI=1S/C17H29N3/c1-14-5-6-15(2)16(11-14)12-19-7-9-20(10-8-19)17(3,4)13-18/h5-6,11H,7-10,12-13,18H2,1-4H3. The Morgan fingerprint density at radius 3 is 2.35 bits per heavy atom. The first-order chi connectivity index (χ1) is 9.42. The molecule has 3 nitrogen and oxygen atoms in total. The van der Waals surface area contributed by atoms with Crippen molar-refractivity contribution in [3.8, 4) is 0 Å². The third-order valence-corrected chi connectivity index (χ3v) is 4.63. The Morgan fingerprint density at radius 1 is 1.10 bits per heavy atom. The summed E-state index contributed by atoms with van der Waals surface area (Å²) in [4.78, 5) is 5.08. The molecular weight excluding hydrogens is 246 g/mol. The van der Waals surface area contributed by atoms with Gasteiger partial charge in [-0.3, -0.25) is 9.80 Å². The van der Waals surface area contributed by atoms with Crippen molar-refractivity contribution in [1.82, 2.24) is 9.80 Å². The number of aryl methyl sites for hydroxylation is 2. The SMILES string of the molecule is Cc1ccc(C)c(CN2CCN(C(C)(C)CN)CC2)c1. The van der Waals surface area contributed by atoms with Crippen molar-refractivity contribution < 1.29 is 0 Å². The summed E-state index contributed by atoms with van der Waals surface area (Å²) in [5.41, 5.74) is 10.2. The lowest BCUT2D eigenvalue weighted by molar-refractivity contribution is 0.0537. The smallest absolute Gasteiger partial charge is 0.0276 e. The van der Waals surface area contributed by atoms with Gasteiger partial charge in [-0.05, 0) is 38.8 Å². The van der Waals surface area contributed by atoms with Gasteiger partial charge >= 0.3 is 0 Å². The summed E-state index contributed by atoms with van der Waals surface area (Å²) in [7, 11) is 0. The van der Waals surface area contributed by atoms with Crippen LogP contribution in [0.4, 0.5) is 0 Å². The number of benzene rings is 1. The first-order valence-corrected chi connectivity index (χ1v) is 7.66. The van der Waals surface area contributed by atoms with Gasteiger partial charge < -0.3 is 5.73 Å². The van der Waals surface area contributed by atoms with Crippen LogP contribution >= 0.6 is 0 Å². The van der Waals surface area contributed by atoms with Crippen molar-refractivity contribution >= 4 is 0 Å². The van der Waals surface area contributed by atoms with Crippen LogP contribution in [0.5, 0.6) is 0 Å². The van der Waals surface area contributed by atoms with Crippen molar-refractivity contribution in [2.75, 3.05) is 32.7 Å². The van der Waals surface area contributed by atoms with E-state index < -0.39 is 0 Å². The van der Waals surface area contributed by atoms with Gasteiger partial charge in [0.25, 0.3) is 0 Å². The van der Waals surface area contributed by atoms with E-state index in [1.54, 1.807) is 0 Å². The molecule has 0 aromatic heterocycles. The number of hydrogen-bond donors (Lipinski definition) is 1. The van der Waals surface area contributed by atoms with Crippen molar-refractivity contribution in [1.29, 1.82) is 0 Å². The van der Waals surface area contributed by atoms with Crippen molar-refractivity contribution in [2.45, 2.75) is 39.8 Å². The van der Waals surface area contributed by atoms with Crippen LogP contribution in [0.25, 0.3) is 0 Å². The molecule has 0 aliphatic carbocycles. The lowest BCUT2D eigenvalue weighted by Gasteiger charge is -2.43. The molecule has 20 heavy (non-hydrogen) atoms. The van der Waals surface area contributed by atoms with Crippen LogP contribution in [0, 0.1) is 13.8 Å². The van der Waals surface area contributed by atoms with Gasteiger partial charge in [-0.25, -0.2) is 0 Å². The highest BCUT2D eigenvalue weighted by Crippen LogP contribution is 2.18. The molecule has 1 aliphatic rings. The van der Waals surface area contributed by atoms with E-state index in [1.807, 2.05) is 0 Å². The third-order valence-electron chi connectivity index (χ3n) is 4.63. The normalized spacial score (nSPS) is 18.4. The van der Waals surface area contributed by atoms with E-state index in [0.29, 0.717) is 0 Å². The Bertz CT molecular complexity index is 446. The second-order valence-corrected chi connectivity index (χ2v) is 6.71. The minimum atomic E-state index is 0.130. The molecule has 0 bridgehead atoms. The van der Waals surface area contributed by atoms with Crippen LogP contribution < -0.4 is 5.73 Å². The van der Waals surface area contributed by atoms with Gasteiger partial charge in [0.1, 0.15) is 0 Å². The Labute approximate surface area is 123 Å². The van der Waals surface area contributed by atoms with Crippen molar-refractivity contribution in [2.24, 2.45) is 5.73 Å². The Morgan fingerprint density at radius 2 is 1.75 bits per heavy atom. The molecule has 1 fully saturated rings. The van der Waals surface area contributed by atoms with Crippen LogP contribution in [0.3, 0.4) is 0 Å². The fraction of sp³-hybridized carbons (Fsp3) is 0.647. The Kier molecular flexibility index (Phi) is 4.84. The summed E-state index contributed by atoms with van der Waals surface area (Å²) in [6, 6.07) is 6.75. The molecule has 0 radical (unpaired) electrons. The highest BCUT2D eigenvalue weighted by molar-refractivity contribution is 5.30. The van der Waals surface area contributed by atoms with Gasteiger partial charge in [0.2, 0.25) is 0 Å². The first-order valence-electron chi connectivity index (χ1n) is 7.66. The monoisotopic (exact) mass is 275 g/mol. The van der Waals surface area contributed by atoms with E-state index >= 15 is 0 Å². The zero-order chi connectivity index (χ0) is 14.8. The van der Waals surface area contributed by atoms with Gasteiger partial charge in [0, 0.05) is 44.8 Å². The number of rotatable bonds is 4. The molecule has 2 N–H and O–H groups in total. The predicted molar refractivity (Wildman–Crippen MR) is 85.9 cm³/mol. The molecule has 0 saturated carbocycles. The number of piperazine rings is 1. The highest BCUT2D eigenvalue weighted by Gasteiger charge is 2.28. The summed E-state index contributed by atoms with van der Waals surface area (Å²) < 4.78 is 0. The predicted octanol–water partition coefficient (Wildman–Crippen LogP) is 2.16. The van der Waals surface area contributed by atoms with Gasteiger partial charge in [0.05, 0.1) is 0 Å². The van der Waals surface area contributed by atoms with Crippen LogP contribution in [0.2, 0.25) is 0 Å². The maximum atomic E-state index is 5.88. The third kappa shape index (κ3) is 3.60. The zero-order valence-electron chi connectivity index (χ0n) is 13.4. The van der Waals surface area contributed by atoms with E-state index in [1.165, 1.54) is 16.7 Å². The lowest BCUT2D eigenvalue weighted by Crippen LogP contribution is -2.57. The van der Waals surface area contributed by atoms with E-state index in [-0.39, 0.29) is 5.54 Å². The van der Waals surface area contributed by atoms with Gasteiger partial charge in [-0.2, -0.15) is 0 Å². The largest absolute Gasteiger partial charge is 0.329 e. The second kappa shape index (κ2) is 6.25. The Balaban J connectivity index is 1.93. The molecule has 1 saturated heterocycles. The Hall–Kier alpha value is -0.900. The van der Waals surface area contributed by atoms with Gasteiger partial charge in [0.15, 0.2) is 0 Å². The quantitative estimate of drug-likeness (QED) is 0.914. The molecule has 1 aromatic carbocycles. The fourth-order valence-corrected chi connectivity index (χ4v) is 2.85. The molecule has 1 aromatic rings. The topological polar surface area (TPSA) is 32.5 Å². The molecule has 0 spiro atoms. The summed E-state index contributed by atoms with van der Waals surface area (Å²) in [6.07, 6.45) is 0. The molecule has 1 aliphatic heterocycles. The molecule has 1 heterocycles. The average Bonchev–Trinajstić information content (AvgIpc) is 2.43. The summed E-state index contributed by atoms with van der Waals surface area (Å²) in [6.45, 7) is 15.2. The second-order valence-electron chi connectivity index (χ2n) is 6.71. The minimum absolute atomic E-state index is 0.130. The average molecular weight is 275 g/mol. The molecule has 112 valence electrons. The molecule has 0 atom stereocenters. The van der Waals surface area contributed by atoms with Crippen molar-refractivity contribution in [3.05, 3.63) is 34.9 Å². The van der Waals surface area contributed by atoms with Crippen LogP contribution in [-0.4, -0.2) is 48.1 Å². The number of nitrogens with zero attached hydrogens (tertiary/aromatic N) is 2.